The summed E-state index contributed by atoms with van der Waals surface area (Å²) in [7, 11) is 0. The van der Waals surface area contributed by atoms with Gasteiger partial charge >= 0.3 is 6.03 Å². The maximum absolute atomic E-state index is 13.0. The summed E-state index contributed by atoms with van der Waals surface area (Å²) in [6.07, 6.45) is 7.37. The third kappa shape index (κ3) is 2.92. The van der Waals surface area contributed by atoms with Gasteiger partial charge in [-0.05, 0) is 24.8 Å². The normalized spacial score (nSPS) is 30.1. The lowest BCUT2D eigenvalue weighted by atomic mass is 9.73. The maximum Gasteiger partial charge on any atom is 0.326 e. The average Bonchev–Trinajstić information content (AvgIpc) is 2.90. The zero-order valence-corrected chi connectivity index (χ0v) is 15.2. The van der Waals surface area contributed by atoms with E-state index in [1.807, 2.05) is 0 Å². The van der Waals surface area contributed by atoms with E-state index in [4.69, 9.17) is 0 Å². The summed E-state index contributed by atoms with van der Waals surface area (Å²) in [6, 6.07) is 1.57. The number of hydrogen-bond acceptors (Lipinski definition) is 6. The predicted molar refractivity (Wildman–Crippen MR) is 96.4 cm³/mol. The van der Waals surface area contributed by atoms with Gasteiger partial charge in [-0.1, -0.05) is 19.8 Å². The molecule has 4 rings (SSSR count). The van der Waals surface area contributed by atoms with Crippen molar-refractivity contribution in [2.75, 3.05) is 37.7 Å². The van der Waals surface area contributed by atoms with Crippen LogP contribution in [0.3, 0.4) is 0 Å². The molecule has 3 aliphatic rings. The molecule has 0 radical (unpaired) electrons. The standard InChI is InChI=1S/C18H26N6O2/c1-14-5-2-3-6-18(14)15(25)24(17(26)21-18)13-22-9-11-23(12-10-22)16-19-7-4-8-20-16/h4,7-8,14H,2-3,5-6,9-13H2,1H3,(H,21,26). The van der Waals surface area contributed by atoms with E-state index in [-0.39, 0.29) is 17.9 Å². The Morgan fingerprint density at radius 2 is 1.88 bits per heavy atom. The van der Waals surface area contributed by atoms with Crippen molar-refractivity contribution in [3.05, 3.63) is 18.5 Å². The summed E-state index contributed by atoms with van der Waals surface area (Å²) >= 11 is 0. The number of carbonyl (C=O) groups excluding carboxylic acids is 2. The van der Waals surface area contributed by atoms with Crippen molar-refractivity contribution in [2.24, 2.45) is 5.92 Å². The fourth-order valence-corrected chi connectivity index (χ4v) is 4.37. The summed E-state index contributed by atoms with van der Waals surface area (Å²) in [5, 5.41) is 3.02. The highest BCUT2D eigenvalue weighted by Gasteiger charge is 2.55. The van der Waals surface area contributed by atoms with Crippen LogP contribution in [0.2, 0.25) is 0 Å². The Bertz CT molecular complexity index is 676. The van der Waals surface area contributed by atoms with Gasteiger partial charge in [0.25, 0.3) is 5.91 Å². The highest BCUT2D eigenvalue weighted by Crippen LogP contribution is 2.38. The van der Waals surface area contributed by atoms with Crippen LogP contribution in [-0.4, -0.2) is 70.1 Å². The molecule has 8 nitrogen and oxygen atoms in total. The van der Waals surface area contributed by atoms with E-state index < -0.39 is 5.54 Å². The van der Waals surface area contributed by atoms with Gasteiger partial charge in [-0.15, -0.1) is 0 Å². The zero-order valence-electron chi connectivity index (χ0n) is 15.2. The van der Waals surface area contributed by atoms with E-state index >= 15 is 0 Å². The largest absolute Gasteiger partial charge is 0.338 e. The number of rotatable bonds is 3. The van der Waals surface area contributed by atoms with Gasteiger partial charge in [0.1, 0.15) is 5.54 Å². The minimum Gasteiger partial charge on any atom is -0.338 e. The van der Waals surface area contributed by atoms with Crippen LogP contribution in [0.15, 0.2) is 18.5 Å². The van der Waals surface area contributed by atoms with Gasteiger partial charge in [-0.25, -0.2) is 19.7 Å². The Hall–Kier alpha value is -2.22. The molecular weight excluding hydrogens is 332 g/mol. The first kappa shape index (κ1) is 17.2. The minimum atomic E-state index is -0.672. The fraction of sp³-hybridized carbons (Fsp3) is 0.667. The Morgan fingerprint density at radius 1 is 1.15 bits per heavy atom. The van der Waals surface area contributed by atoms with Crippen molar-refractivity contribution >= 4 is 17.9 Å². The van der Waals surface area contributed by atoms with E-state index in [1.165, 1.54) is 4.90 Å². The highest BCUT2D eigenvalue weighted by atomic mass is 16.2. The van der Waals surface area contributed by atoms with Crippen molar-refractivity contribution in [3.8, 4) is 0 Å². The van der Waals surface area contributed by atoms with E-state index in [2.05, 4.69) is 32.0 Å². The molecule has 1 saturated carbocycles. The van der Waals surface area contributed by atoms with Gasteiger partial charge in [0.2, 0.25) is 5.95 Å². The van der Waals surface area contributed by atoms with E-state index in [0.29, 0.717) is 6.67 Å². The second kappa shape index (κ2) is 6.83. The molecule has 1 aliphatic carbocycles. The molecule has 2 unspecified atom stereocenters. The second-order valence-electron chi connectivity index (χ2n) is 7.58. The number of nitrogens with zero attached hydrogens (tertiary/aromatic N) is 5. The molecule has 3 fully saturated rings. The van der Waals surface area contributed by atoms with Gasteiger partial charge in [0, 0.05) is 38.6 Å². The topological polar surface area (TPSA) is 81.7 Å². The molecule has 3 amide bonds. The second-order valence-corrected chi connectivity index (χ2v) is 7.58. The van der Waals surface area contributed by atoms with Crippen LogP contribution in [0.25, 0.3) is 0 Å². The Labute approximate surface area is 153 Å². The molecule has 1 spiro atoms. The molecule has 1 N–H and O–H groups in total. The van der Waals surface area contributed by atoms with Crippen molar-refractivity contribution in [3.63, 3.8) is 0 Å². The van der Waals surface area contributed by atoms with Gasteiger partial charge in [0.15, 0.2) is 0 Å². The van der Waals surface area contributed by atoms with Crippen LogP contribution >= 0.6 is 0 Å². The van der Waals surface area contributed by atoms with Crippen molar-refractivity contribution in [1.82, 2.24) is 25.1 Å². The number of hydrogen-bond donors (Lipinski definition) is 1. The monoisotopic (exact) mass is 358 g/mol. The molecule has 0 bridgehead atoms. The molecule has 1 aromatic heterocycles. The first-order valence-corrected chi connectivity index (χ1v) is 9.48. The van der Waals surface area contributed by atoms with Gasteiger partial charge in [-0.2, -0.15) is 0 Å². The quantitative estimate of drug-likeness (QED) is 0.814. The number of nitrogens with one attached hydrogen (secondary N) is 1. The van der Waals surface area contributed by atoms with Gasteiger partial charge in [-0.3, -0.25) is 9.69 Å². The number of carbonyl (C=O) groups is 2. The van der Waals surface area contributed by atoms with Gasteiger partial charge < -0.3 is 10.2 Å². The number of urea groups is 1. The molecule has 2 saturated heterocycles. The Kier molecular flexibility index (Phi) is 4.52. The third-order valence-electron chi connectivity index (χ3n) is 6.05. The van der Waals surface area contributed by atoms with Crippen molar-refractivity contribution in [1.29, 1.82) is 0 Å². The van der Waals surface area contributed by atoms with Crippen LogP contribution in [0.5, 0.6) is 0 Å². The summed E-state index contributed by atoms with van der Waals surface area (Å²) in [4.78, 5) is 39.8. The molecule has 8 heteroatoms. The lowest BCUT2D eigenvalue weighted by Gasteiger charge is -2.38. The van der Waals surface area contributed by atoms with E-state index in [0.717, 1.165) is 57.8 Å². The average molecular weight is 358 g/mol. The molecule has 0 aromatic carbocycles. The summed E-state index contributed by atoms with van der Waals surface area (Å²) in [6.45, 7) is 5.57. The lowest BCUT2D eigenvalue weighted by molar-refractivity contribution is -0.135. The van der Waals surface area contributed by atoms with Crippen LogP contribution in [0.4, 0.5) is 10.7 Å². The van der Waals surface area contributed by atoms with Crippen molar-refractivity contribution < 1.29 is 9.59 Å². The van der Waals surface area contributed by atoms with Crippen LogP contribution in [0.1, 0.15) is 32.6 Å². The fourth-order valence-electron chi connectivity index (χ4n) is 4.37. The zero-order chi connectivity index (χ0) is 18.1. The SMILES string of the molecule is CC1CCCCC12NC(=O)N(CN1CCN(c3ncccn3)CC1)C2=O. The smallest absolute Gasteiger partial charge is 0.326 e. The van der Waals surface area contributed by atoms with E-state index in [1.54, 1.807) is 18.5 Å². The van der Waals surface area contributed by atoms with Crippen LogP contribution in [0, 0.1) is 5.92 Å². The summed E-state index contributed by atoms with van der Waals surface area (Å²) < 4.78 is 0. The Balaban J connectivity index is 1.38. The summed E-state index contributed by atoms with van der Waals surface area (Å²) in [5.74, 6) is 0.894. The van der Waals surface area contributed by atoms with Gasteiger partial charge in [0.05, 0.1) is 6.67 Å². The predicted octanol–water partition coefficient (Wildman–Crippen LogP) is 1.06. The third-order valence-corrected chi connectivity index (χ3v) is 6.05. The van der Waals surface area contributed by atoms with E-state index in [9.17, 15) is 9.59 Å². The highest BCUT2D eigenvalue weighted by molar-refractivity contribution is 6.07. The number of imide groups is 1. The molecule has 1 aromatic rings. The molecule has 2 atom stereocenters. The van der Waals surface area contributed by atoms with Crippen LogP contribution < -0.4 is 10.2 Å². The number of amides is 3. The molecule has 140 valence electrons. The molecule has 26 heavy (non-hydrogen) atoms. The first-order valence-electron chi connectivity index (χ1n) is 9.48. The molecular formula is C18H26N6O2. The number of piperazine rings is 1. The lowest BCUT2D eigenvalue weighted by Crippen LogP contribution is -2.55. The number of aromatic nitrogens is 2. The Morgan fingerprint density at radius 3 is 2.58 bits per heavy atom. The number of anilines is 1. The van der Waals surface area contributed by atoms with Crippen LogP contribution in [-0.2, 0) is 4.79 Å². The van der Waals surface area contributed by atoms with Crippen molar-refractivity contribution in [2.45, 2.75) is 38.1 Å². The molecule has 3 heterocycles. The summed E-state index contributed by atoms with van der Waals surface area (Å²) in [5.41, 5.74) is -0.672. The first-order chi connectivity index (χ1) is 12.6. The minimum absolute atomic E-state index is 0.0384. The maximum atomic E-state index is 13.0. The molecule has 2 aliphatic heterocycles.